The van der Waals surface area contributed by atoms with Crippen molar-refractivity contribution in [3.63, 3.8) is 0 Å². The molecule has 0 spiro atoms. The van der Waals surface area contributed by atoms with Crippen LogP contribution >= 0.6 is 0 Å². The number of aryl methyl sites for hydroxylation is 2. The third kappa shape index (κ3) is 5.20. The van der Waals surface area contributed by atoms with Crippen molar-refractivity contribution in [3.05, 3.63) is 70.8 Å². The first-order valence-electron chi connectivity index (χ1n) is 8.54. The summed E-state index contributed by atoms with van der Waals surface area (Å²) in [5.41, 5.74) is 5.03. The average molecular weight is 324 g/mol. The number of benzene rings is 2. The van der Waals surface area contributed by atoms with E-state index in [0.29, 0.717) is 13.1 Å². The third-order valence-corrected chi connectivity index (χ3v) is 4.38. The van der Waals surface area contributed by atoms with Crippen molar-refractivity contribution in [2.75, 3.05) is 20.6 Å². The van der Waals surface area contributed by atoms with Crippen LogP contribution in [0.25, 0.3) is 0 Å². The highest BCUT2D eigenvalue weighted by atomic mass is 16.2. The first kappa shape index (κ1) is 18.2. The van der Waals surface area contributed by atoms with Crippen molar-refractivity contribution in [2.24, 2.45) is 0 Å². The standard InChI is InChI=1S/C21H28N2O/c1-5-18-10-12-19(13-11-18)14-23(4)21(24)16-22(3)15-20-9-7-6-8-17(20)2/h6-13H,5,14-16H2,1-4H3. The molecule has 128 valence electrons. The van der Waals surface area contributed by atoms with Crippen LogP contribution in [0.5, 0.6) is 0 Å². The highest BCUT2D eigenvalue weighted by molar-refractivity contribution is 5.77. The Kier molecular flexibility index (Phi) is 6.56. The zero-order chi connectivity index (χ0) is 17.5. The van der Waals surface area contributed by atoms with E-state index in [1.807, 2.05) is 26.2 Å². The first-order valence-corrected chi connectivity index (χ1v) is 8.54. The van der Waals surface area contributed by atoms with Gasteiger partial charge in [0.1, 0.15) is 0 Å². The smallest absolute Gasteiger partial charge is 0.236 e. The van der Waals surface area contributed by atoms with Gasteiger partial charge in [0.2, 0.25) is 5.91 Å². The number of nitrogens with zero attached hydrogens (tertiary/aromatic N) is 2. The Bertz CT molecular complexity index is 664. The minimum absolute atomic E-state index is 0.144. The summed E-state index contributed by atoms with van der Waals surface area (Å²) in [4.78, 5) is 16.3. The van der Waals surface area contributed by atoms with E-state index in [1.165, 1.54) is 22.3 Å². The predicted molar refractivity (Wildman–Crippen MR) is 99.8 cm³/mol. The summed E-state index contributed by atoms with van der Waals surface area (Å²) in [6.45, 7) is 6.13. The Balaban J connectivity index is 1.87. The Morgan fingerprint density at radius 3 is 2.17 bits per heavy atom. The van der Waals surface area contributed by atoms with Crippen molar-refractivity contribution < 1.29 is 4.79 Å². The van der Waals surface area contributed by atoms with Crippen molar-refractivity contribution >= 4 is 5.91 Å². The number of hydrogen-bond acceptors (Lipinski definition) is 2. The molecular weight excluding hydrogens is 296 g/mol. The van der Waals surface area contributed by atoms with Gasteiger partial charge in [-0.2, -0.15) is 0 Å². The molecule has 3 heteroatoms. The molecule has 0 atom stereocenters. The van der Waals surface area contributed by atoms with Crippen LogP contribution in [-0.2, 0) is 24.3 Å². The van der Waals surface area contributed by atoms with Crippen LogP contribution in [0, 0.1) is 6.92 Å². The molecule has 0 N–H and O–H groups in total. The molecule has 0 fully saturated rings. The van der Waals surface area contributed by atoms with E-state index >= 15 is 0 Å². The fourth-order valence-corrected chi connectivity index (χ4v) is 2.73. The van der Waals surface area contributed by atoms with E-state index in [2.05, 4.69) is 55.1 Å². The molecule has 0 unspecified atom stereocenters. The molecule has 1 amide bonds. The predicted octanol–water partition coefficient (Wildman–Crippen LogP) is 3.65. The normalized spacial score (nSPS) is 10.9. The van der Waals surface area contributed by atoms with Gasteiger partial charge in [-0.05, 0) is 42.6 Å². The van der Waals surface area contributed by atoms with Crippen molar-refractivity contribution in [1.82, 2.24) is 9.80 Å². The van der Waals surface area contributed by atoms with Crippen molar-refractivity contribution in [3.8, 4) is 0 Å². The molecule has 0 aliphatic heterocycles. The Labute approximate surface area is 145 Å². The zero-order valence-electron chi connectivity index (χ0n) is 15.2. The molecule has 24 heavy (non-hydrogen) atoms. The number of rotatable bonds is 7. The monoisotopic (exact) mass is 324 g/mol. The number of likely N-dealkylation sites (N-methyl/N-ethyl adjacent to an activating group) is 2. The van der Waals surface area contributed by atoms with Crippen LogP contribution in [0.15, 0.2) is 48.5 Å². The fraction of sp³-hybridized carbons (Fsp3) is 0.381. The van der Waals surface area contributed by atoms with E-state index < -0.39 is 0 Å². The highest BCUT2D eigenvalue weighted by Crippen LogP contribution is 2.10. The van der Waals surface area contributed by atoms with Crippen LogP contribution in [0.1, 0.15) is 29.2 Å². The molecule has 0 radical (unpaired) electrons. The fourth-order valence-electron chi connectivity index (χ4n) is 2.73. The summed E-state index contributed by atoms with van der Waals surface area (Å²) in [7, 11) is 3.87. The summed E-state index contributed by atoms with van der Waals surface area (Å²) in [5, 5.41) is 0. The quantitative estimate of drug-likeness (QED) is 0.776. The van der Waals surface area contributed by atoms with Gasteiger partial charge >= 0.3 is 0 Å². The SMILES string of the molecule is CCc1ccc(CN(C)C(=O)CN(C)Cc2ccccc2C)cc1. The second-order valence-electron chi connectivity index (χ2n) is 6.52. The Morgan fingerprint density at radius 1 is 0.917 bits per heavy atom. The second kappa shape index (κ2) is 8.65. The molecule has 2 rings (SSSR count). The maximum atomic E-state index is 12.4. The lowest BCUT2D eigenvalue weighted by Crippen LogP contribution is -2.36. The minimum Gasteiger partial charge on any atom is -0.340 e. The molecule has 3 nitrogen and oxygen atoms in total. The topological polar surface area (TPSA) is 23.6 Å². The van der Waals surface area contributed by atoms with E-state index in [4.69, 9.17) is 0 Å². The van der Waals surface area contributed by atoms with Gasteiger partial charge in [0.25, 0.3) is 0 Å². The highest BCUT2D eigenvalue weighted by Gasteiger charge is 2.13. The van der Waals surface area contributed by atoms with Gasteiger partial charge in [-0.3, -0.25) is 9.69 Å². The van der Waals surface area contributed by atoms with E-state index in [-0.39, 0.29) is 5.91 Å². The summed E-state index contributed by atoms with van der Waals surface area (Å²) in [6, 6.07) is 16.8. The number of amides is 1. The van der Waals surface area contributed by atoms with E-state index in [9.17, 15) is 4.79 Å². The lowest BCUT2D eigenvalue weighted by Gasteiger charge is -2.22. The minimum atomic E-state index is 0.144. The molecule has 2 aromatic rings. The summed E-state index contributed by atoms with van der Waals surface area (Å²) < 4.78 is 0. The molecule has 0 saturated heterocycles. The van der Waals surface area contributed by atoms with Gasteiger partial charge in [-0.1, -0.05) is 55.5 Å². The lowest BCUT2D eigenvalue weighted by molar-refractivity contribution is -0.131. The summed E-state index contributed by atoms with van der Waals surface area (Å²) >= 11 is 0. The van der Waals surface area contributed by atoms with E-state index in [0.717, 1.165) is 13.0 Å². The van der Waals surface area contributed by atoms with Gasteiger partial charge in [-0.25, -0.2) is 0 Å². The molecule has 0 aliphatic carbocycles. The third-order valence-electron chi connectivity index (χ3n) is 4.38. The molecule has 0 heterocycles. The van der Waals surface area contributed by atoms with Crippen LogP contribution in [0.4, 0.5) is 0 Å². The molecule has 2 aromatic carbocycles. The summed E-state index contributed by atoms with van der Waals surface area (Å²) in [6.07, 6.45) is 1.04. The van der Waals surface area contributed by atoms with Gasteiger partial charge < -0.3 is 4.90 Å². The zero-order valence-corrected chi connectivity index (χ0v) is 15.2. The second-order valence-corrected chi connectivity index (χ2v) is 6.52. The maximum Gasteiger partial charge on any atom is 0.236 e. The molecule has 0 saturated carbocycles. The van der Waals surface area contributed by atoms with Crippen LogP contribution in [-0.4, -0.2) is 36.3 Å². The average Bonchev–Trinajstić information content (AvgIpc) is 2.57. The molecule has 0 bridgehead atoms. The van der Waals surface area contributed by atoms with Gasteiger partial charge in [-0.15, -0.1) is 0 Å². The first-order chi connectivity index (χ1) is 11.5. The Hall–Kier alpha value is -2.13. The van der Waals surface area contributed by atoms with Crippen LogP contribution in [0.3, 0.4) is 0 Å². The molecular formula is C21H28N2O. The van der Waals surface area contributed by atoms with Crippen molar-refractivity contribution in [2.45, 2.75) is 33.4 Å². The van der Waals surface area contributed by atoms with E-state index in [1.54, 1.807) is 4.90 Å². The Morgan fingerprint density at radius 2 is 1.54 bits per heavy atom. The van der Waals surface area contributed by atoms with Gasteiger partial charge in [0, 0.05) is 20.1 Å². The molecule has 0 aliphatic rings. The van der Waals surface area contributed by atoms with Crippen LogP contribution < -0.4 is 0 Å². The number of carbonyl (C=O) groups is 1. The number of hydrogen-bond donors (Lipinski definition) is 0. The van der Waals surface area contributed by atoms with Crippen LogP contribution in [0.2, 0.25) is 0 Å². The van der Waals surface area contributed by atoms with Gasteiger partial charge in [0.15, 0.2) is 0 Å². The maximum absolute atomic E-state index is 12.4. The van der Waals surface area contributed by atoms with Crippen molar-refractivity contribution in [1.29, 1.82) is 0 Å². The number of carbonyl (C=O) groups excluding carboxylic acids is 1. The molecule has 0 aromatic heterocycles. The summed E-state index contributed by atoms with van der Waals surface area (Å²) in [5.74, 6) is 0.144. The lowest BCUT2D eigenvalue weighted by atomic mass is 10.1. The van der Waals surface area contributed by atoms with Gasteiger partial charge in [0.05, 0.1) is 6.54 Å². The largest absolute Gasteiger partial charge is 0.340 e.